The largest absolute Gasteiger partial charge is 0.337 e. The number of hydrogen-bond donors (Lipinski definition) is 3. The van der Waals surface area contributed by atoms with E-state index < -0.39 is 23.3 Å². The van der Waals surface area contributed by atoms with Gasteiger partial charge in [0, 0.05) is 11.1 Å². The fraction of sp³-hybridized carbons (Fsp3) is 0.0588. The van der Waals surface area contributed by atoms with Gasteiger partial charge in [-0.25, -0.2) is 19.3 Å². The summed E-state index contributed by atoms with van der Waals surface area (Å²) in [6.07, 6.45) is 1.48. The average Bonchev–Trinajstić information content (AvgIpc) is 2.64. The number of urea groups is 1. The van der Waals surface area contributed by atoms with Crippen molar-refractivity contribution in [3.8, 4) is 0 Å². The highest BCUT2D eigenvalue weighted by Gasteiger charge is 2.09. The van der Waals surface area contributed by atoms with Crippen LogP contribution in [0.25, 0.3) is 10.8 Å². The Morgan fingerprint density at radius 1 is 1.04 bits per heavy atom. The number of nitrogens with one attached hydrogen (secondary N) is 3. The zero-order valence-corrected chi connectivity index (χ0v) is 13.4. The van der Waals surface area contributed by atoms with Gasteiger partial charge in [-0.15, -0.1) is 0 Å². The predicted molar refractivity (Wildman–Crippen MR) is 92.7 cm³/mol. The molecule has 3 aromatic rings. The molecule has 0 saturated heterocycles. The number of hydrazine groups is 1. The Kier molecular flexibility index (Phi) is 4.88. The van der Waals surface area contributed by atoms with Crippen LogP contribution in [0.15, 0.2) is 59.5 Å². The molecule has 8 nitrogen and oxygen atoms in total. The monoisotopic (exact) mass is 355 g/mol. The van der Waals surface area contributed by atoms with E-state index in [2.05, 4.69) is 21.3 Å². The molecule has 3 amide bonds. The van der Waals surface area contributed by atoms with Crippen molar-refractivity contribution in [2.24, 2.45) is 0 Å². The Hall–Kier alpha value is -3.75. The second kappa shape index (κ2) is 7.43. The summed E-state index contributed by atoms with van der Waals surface area (Å²) >= 11 is 0. The Morgan fingerprint density at radius 3 is 2.54 bits per heavy atom. The number of fused-ring (bicyclic) bond motifs is 1. The SMILES string of the molecule is O=C(Cn1ncc2ccccc2c1=O)NNC(=O)Nc1ccc(F)cc1. The first kappa shape index (κ1) is 17.1. The van der Waals surface area contributed by atoms with Crippen LogP contribution >= 0.6 is 0 Å². The van der Waals surface area contributed by atoms with Crippen LogP contribution in [-0.4, -0.2) is 21.7 Å². The molecule has 0 aliphatic heterocycles. The van der Waals surface area contributed by atoms with Crippen LogP contribution in [0.1, 0.15) is 0 Å². The van der Waals surface area contributed by atoms with Crippen LogP contribution in [0.2, 0.25) is 0 Å². The second-order valence-electron chi connectivity index (χ2n) is 5.33. The molecule has 0 aliphatic carbocycles. The number of halogens is 1. The highest BCUT2D eigenvalue weighted by molar-refractivity contribution is 5.90. The third kappa shape index (κ3) is 4.01. The lowest BCUT2D eigenvalue weighted by molar-refractivity contribution is -0.122. The first-order valence-corrected chi connectivity index (χ1v) is 7.59. The Bertz CT molecular complexity index is 1020. The smallest absolute Gasteiger partial charge is 0.307 e. The number of carbonyl (C=O) groups excluding carboxylic acids is 2. The third-order valence-electron chi connectivity index (χ3n) is 3.47. The molecule has 0 atom stereocenters. The number of rotatable bonds is 3. The van der Waals surface area contributed by atoms with Crippen molar-refractivity contribution >= 4 is 28.4 Å². The van der Waals surface area contributed by atoms with Gasteiger partial charge in [-0.2, -0.15) is 5.10 Å². The molecule has 0 aliphatic rings. The summed E-state index contributed by atoms with van der Waals surface area (Å²) in [7, 11) is 0. The van der Waals surface area contributed by atoms with Gasteiger partial charge in [0.15, 0.2) is 0 Å². The molecule has 0 radical (unpaired) electrons. The predicted octanol–water partition coefficient (Wildman–Crippen LogP) is 1.39. The molecule has 0 unspecified atom stereocenters. The lowest BCUT2D eigenvalue weighted by Crippen LogP contribution is -2.46. The van der Waals surface area contributed by atoms with Crippen molar-refractivity contribution in [2.75, 3.05) is 5.32 Å². The standard InChI is InChI=1S/C17H14FN5O3/c18-12-5-7-13(8-6-12)20-17(26)22-21-15(24)10-23-16(25)14-4-2-1-3-11(14)9-19-23/h1-9H,10H2,(H,21,24)(H2,20,22,26). The van der Waals surface area contributed by atoms with Gasteiger partial charge in [0.1, 0.15) is 12.4 Å². The highest BCUT2D eigenvalue weighted by Crippen LogP contribution is 2.07. The minimum atomic E-state index is -0.719. The number of hydrogen-bond acceptors (Lipinski definition) is 4. The summed E-state index contributed by atoms with van der Waals surface area (Å²) in [5.41, 5.74) is 4.24. The molecule has 2 aromatic carbocycles. The molecular formula is C17H14FN5O3. The minimum Gasteiger partial charge on any atom is -0.307 e. The maximum absolute atomic E-state index is 12.8. The van der Waals surface area contributed by atoms with E-state index in [1.54, 1.807) is 24.3 Å². The molecular weight excluding hydrogens is 341 g/mol. The second-order valence-corrected chi connectivity index (χ2v) is 5.33. The van der Waals surface area contributed by atoms with Crippen LogP contribution in [0.5, 0.6) is 0 Å². The zero-order valence-electron chi connectivity index (χ0n) is 13.4. The number of anilines is 1. The van der Waals surface area contributed by atoms with Crippen LogP contribution < -0.4 is 21.7 Å². The molecule has 3 rings (SSSR count). The van der Waals surface area contributed by atoms with Crippen molar-refractivity contribution in [1.82, 2.24) is 20.6 Å². The summed E-state index contributed by atoms with van der Waals surface area (Å²) < 4.78 is 13.8. The number of benzene rings is 2. The first-order valence-electron chi connectivity index (χ1n) is 7.59. The first-order chi connectivity index (χ1) is 12.5. The van der Waals surface area contributed by atoms with E-state index in [0.717, 1.165) is 4.68 Å². The van der Waals surface area contributed by atoms with E-state index in [0.29, 0.717) is 16.5 Å². The fourth-order valence-corrected chi connectivity index (χ4v) is 2.24. The highest BCUT2D eigenvalue weighted by atomic mass is 19.1. The van der Waals surface area contributed by atoms with Crippen molar-refractivity contribution in [3.63, 3.8) is 0 Å². The summed E-state index contributed by atoms with van der Waals surface area (Å²) in [5, 5.41) is 7.45. The normalized spacial score (nSPS) is 10.3. The number of carbonyl (C=O) groups is 2. The maximum Gasteiger partial charge on any atom is 0.337 e. The van der Waals surface area contributed by atoms with Gasteiger partial charge in [0.2, 0.25) is 0 Å². The molecule has 0 saturated carbocycles. The van der Waals surface area contributed by atoms with E-state index in [9.17, 15) is 18.8 Å². The molecule has 1 heterocycles. The van der Waals surface area contributed by atoms with Crippen LogP contribution in [-0.2, 0) is 11.3 Å². The Labute approximate surface area is 146 Å². The van der Waals surface area contributed by atoms with E-state index in [1.807, 2.05) is 0 Å². The lowest BCUT2D eigenvalue weighted by atomic mass is 10.2. The minimum absolute atomic E-state index is 0.352. The fourth-order valence-electron chi connectivity index (χ4n) is 2.24. The molecule has 3 N–H and O–H groups in total. The Morgan fingerprint density at radius 2 is 1.77 bits per heavy atom. The van der Waals surface area contributed by atoms with Gasteiger partial charge in [-0.1, -0.05) is 18.2 Å². The van der Waals surface area contributed by atoms with Crippen molar-refractivity contribution in [3.05, 3.63) is 70.9 Å². The van der Waals surface area contributed by atoms with E-state index in [4.69, 9.17) is 0 Å². The van der Waals surface area contributed by atoms with Crippen molar-refractivity contribution in [2.45, 2.75) is 6.54 Å². The third-order valence-corrected chi connectivity index (χ3v) is 3.47. The number of nitrogens with zero attached hydrogens (tertiary/aromatic N) is 2. The molecule has 1 aromatic heterocycles. The topological polar surface area (TPSA) is 105 Å². The van der Waals surface area contributed by atoms with Crippen LogP contribution in [0.4, 0.5) is 14.9 Å². The van der Waals surface area contributed by atoms with Gasteiger partial charge in [-0.3, -0.25) is 15.0 Å². The summed E-state index contributed by atoms with van der Waals surface area (Å²) in [6.45, 7) is -0.361. The number of amides is 3. The molecule has 9 heteroatoms. The molecule has 26 heavy (non-hydrogen) atoms. The van der Waals surface area contributed by atoms with Gasteiger partial charge >= 0.3 is 6.03 Å². The van der Waals surface area contributed by atoms with Crippen molar-refractivity contribution < 1.29 is 14.0 Å². The van der Waals surface area contributed by atoms with Gasteiger partial charge in [0.05, 0.1) is 11.6 Å². The average molecular weight is 355 g/mol. The zero-order chi connectivity index (χ0) is 18.5. The number of aromatic nitrogens is 2. The lowest BCUT2D eigenvalue weighted by Gasteiger charge is -2.10. The molecule has 0 bridgehead atoms. The van der Waals surface area contributed by atoms with E-state index in [1.165, 1.54) is 30.5 Å². The van der Waals surface area contributed by atoms with Crippen LogP contribution in [0.3, 0.4) is 0 Å². The van der Waals surface area contributed by atoms with Crippen molar-refractivity contribution in [1.29, 1.82) is 0 Å². The van der Waals surface area contributed by atoms with E-state index in [-0.39, 0.29) is 6.54 Å². The summed E-state index contributed by atoms with van der Waals surface area (Å²) in [4.78, 5) is 35.8. The summed E-state index contributed by atoms with van der Waals surface area (Å²) in [5.74, 6) is -1.07. The van der Waals surface area contributed by atoms with Gasteiger partial charge in [0.25, 0.3) is 11.5 Å². The Balaban J connectivity index is 1.57. The summed E-state index contributed by atoms with van der Waals surface area (Å²) in [6, 6.07) is 11.3. The molecule has 0 fully saturated rings. The maximum atomic E-state index is 12.8. The molecule has 132 valence electrons. The van der Waals surface area contributed by atoms with Gasteiger partial charge < -0.3 is 5.32 Å². The van der Waals surface area contributed by atoms with Gasteiger partial charge in [-0.05, 0) is 30.3 Å². The molecule has 0 spiro atoms. The quantitative estimate of drug-likeness (QED) is 0.618. The van der Waals surface area contributed by atoms with E-state index >= 15 is 0 Å². The van der Waals surface area contributed by atoms with Crippen LogP contribution in [0, 0.1) is 5.82 Å².